The van der Waals surface area contributed by atoms with Crippen LogP contribution in [0.3, 0.4) is 0 Å². The number of rotatable bonds is 15. The van der Waals surface area contributed by atoms with Gasteiger partial charge in [-0.05, 0) is 48.9 Å². The normalized spacial score (nSPS) is 13.7. The molecule has 14 heteroatoms. The second kappa shape index (κ2) is 13.0. The van der Waals surface area contributed by atoms with E-state index in [1.807, 2.05) is 13.8 Å². The fraction of sp³-hybridized carbons (Fsp3) is 0.444. The quantitative estimate of drug-likeness (QED) is 0.241. The molecule has 0 saturated heterocycles. The third-order valence-corrected chi connectivity index (χ3v) is 8.99. The molecule has 3 aromatic rings. The van der Waals surface area contributed by atoms with Crippen molar-refractivity contribution >= 4 is 25.9 Å². The van der Waals surface area contributed by atoms with Gasteiger partial charge in [-0.3, -0.25) is 4.72 Å². The molecular weight excluding hydrogens is 570 g/mol. The lowest BCUT2D eigenvalue weighted by Gasteiger charge is -2.18. The van der Waals surface area contributed by atoms with Crippen molar-refractivity contribution in [1.29, 1.82) is 0 Å². The molecule has 0 bridgehead atoms. The summed E-state index contributed by atoms with van der Waals surface area (Å²) in [7, 11) is -6.15. The molecule has 0 amide bonds. The van der Waals surface area contributed by atoms with Crippen LogP contribution in [0.4, 0.5) is 5.82 Å². The van der Waals surface area contributed by atoms with Crippen molar-refractivity contribution in [2.24, 2.45) is 0 Å². The van der Waals surface area contributed by atoms with Gasteiger partial charge in [0.15, 0.2) is 22.3 Å². The van der Waals surface area contributed by atoms with E-state index in [0.717, 1.165) is 18.4 Å². The summed E-state index contributed by atoms with van der Waals surface area (Å²) in [6.45, 7) is 5.64. The Kier molecular flexibility index (Phi) is 9.66. The SMILES string of the molecule is CCCS(=O)(=O)NCCOc1nc(C2CC2)nc(NS(=O)(=O)c2ccc(C(C)C)cn2)c1Oc1ccccc1OC. The number of pyridine rings is 1. The molecule has 0 atom stereocenters. The Balaban J connectivity index is 1.71. The smallest absolute Gasteiger partial charge is 0.280 e. The van der Waals surface area contributed by atoms with Crippen molar-refractivity contribution < 1.29 is 31.0 Å². The Hall–Kier alpha value is -3.49. The van der Waals surface area contributed by atoms with Gasteiger partial charge in [-0.15, -0.1) is 0 Å². The van der Waals surface area contributed by atoms with E-state index in [0.29, 0.717) is 18.0 Å². The summed E-state index contributed by atoms with van der Waals surface area (Å²) < 4.78 is 73.4. The summed E-state index contributed by atoms with van der Waals surface area (Å²) in [5.41, 5.74) is 0.896. The molecule has 41 heavy (non-hydrogen) atoms. The molecular formula is C27H35N5O7S2. The number of hydrogen-bond donors (Lipinski definition) is 2. The number of nitrogens with one attached hydrogen (secondary N) is 2. The predicted octanol–water partition coefficient (Wildman–Crippen LogP) is 4.18. The molecule has 12 nitrogen and oxygen atoms in total. The van der Waals surface area contributed by atoms with Crippen LogP contribution in [0.5, 0.6) is 23.1 Å². The number of benzene rings is 1. The average molecular weight is 606 g/mol. The van der Waals surface area contributed by atoms with Crippen LogP contribution >= 0.6 is 0 Å². The summed E-state index contributed by atoms with van der Waals surface area (Å²) in [6, 6.07) is 9.95. The van der Waals surface area contributed by atoms with Crippen LogP contribution in [0.2, 0.25) is 0 Å². The highest BCUT2D eigenvalue weighted by molar-refractivity contribution is 7.92. The van der Waals surface area contributed by atoms with E-state index in [4.69, 9.17) is 14.2 Å². The standard InChI is InChI=1S/C27H35N5O7S2/c1-5-16-40(33,34)29-14-15-38-27-24(39-22-9-7-6-8-21(22)37-4)26(30-25(31-27)19-10-11-19)32-41(35,36)23-13-12-20(17-28-23)18(2)3/h6-9,12-13,17-19,29H,5,10-11,14-16H2,1-4H3,(H,30,31,32). The van der Waals surface area contributed by atoms with E-state index in [1.54, 1.807) is 37.3 Å². The largest absolute Gasteiger partial charge is 0.493 e. The van der Waals surface area contributed by atoms with Crippen molar-refractivity contribution in [3.63, 3.8) is 0 Å². The number of aromatic nitrogens is 3. The first-order valence-electron chi connectivity index (χ1n) is 13.3. The third-order valence-electron chi connectivity index (χ3n) is 6.14. The van der Waals surface area contributed by atoms with Crippen LogP contribution in [-0.4, -0.2) is 57.8 Å². The maximum absolute atomic E-state index is 13.4. The molecule has 0 spiro atoms. The van der Waals surface area contributed by atoms with Crippen LogP contribution in [0, 0.1) is 0 Å². The average Bonchev–Trinajstić information content (AvgIpc) is 3.78. The molecule has 4 rings (SSSR count). The van der Waals surface area contributed by atoms with E-state index in [-0.39, 0.29) is 59.0 Å². The highest BCUT2D eigenvalue weighted by Gasteiger charge is 2.32. The van der Waals surface area contributed by atoms with Gasteiger partial charge in [0.25, 0.3) is 15.9 Å². The molecule has 2 N–H and O–H groups in total. The Morgan fingerprint density at radius 2 is 1.76 bits per heavy atom. The van der Waals surface area contributed by atoms with Crippen LogP contribution in [0.25, 0.3) is 0 Å². The Bertz CT molecular complexity index is 1560. The molecule has 0 aliphatic heterocycles. The van der Waals surface area contributed by atoms with Gasteiger partial charge in [-0.2, -0.15) is 13.4 Å². The maximum atomic E-state index is 13.4. The second-order valence-electron chi connectivity index (χ2n) is 9.84. The van der Waals surface area contributed by atoms with Crippen LogP contribution in [0.15, 0.2) is 47.6 Å². The van der Waals surface area contributed by atoms with E-state index < -0.39 is 20.0 Å². The molecule has 2 heterocycles. The first kappa shape index (κ1) is 30.5. The lowest BCUT2D eigenvalue weighted by molar-refractivity contribution is 0.290. The van der Waals surface area contributed by atoms with Gasteiger partial charge in [-0.1, -0.05) is 39.0 Å². The van der Waals surface area contributed by atoms with E-state index in [9.17, 15) is 16.8 Å². The zero-order chi connectivity index (χ0) is 29.6. The summed E-state index contributed by atoms with van der Waals surface area (Å²) in [4.78, 5) is 13.2. The van der Waals surface area contributed by atoms with Gasteiger partial charge < -0.3 is 14.2 Å². The first-order chi connectivity index (χ1) is 19.5. The zero-order valence-corrected chi connectivity index (χ0v) is 25.1. The van der Waals surface area contributed by atoms with Gasteiger partial charge in [0.05, 0.1) is 12.9 Å². The summed E-state index contributed by atoms with van der Waals surface area (Å²) in [5, 5.41) is -0.190. The van der Waals surface area contributed by atoms with Gasteiger partial charge in [0.1, 0.15) is 12.4 Å². The van der Waals surface area contributed by atoms with Gasteiger partial charge in [0, 0.05) is 18.7 Å². The lowest BCUT2D eigenvalue weighted by Crippen LogP contribution is -2.30. The summed E-state index contributed by atoms with van der Waals surface area (Å²) in [6.07, 6.45) is 3.68. The number of nitrogens with zero attached hydrogens (tertiary/aromatic N) is 3. The number of para-hydroxylation sites is 2. The molecule has 0 unspecified atom stereocenters. The second-order valence-corrected chi connectivity index (χ2v) is 13.4. The number of hydrogen-bond acceptors (Lipinski definition) is 10. The Morgan fingerprint density at radius 1 is 1.02 bits per heavy atom. The van der Waals surface area contributed by atoms with Crippen molar-refractivity contribution in [3.05, 3.63) is 54.0 Å². The number of methoxy groups -OCH3 is 1. The monoisotopic (exact) mass is 605 g/mol. The first-order valence-corrected chi connectivity index (χ1v) is 16.5. The minimum Gasteiger partial charge on any atom is -0.493 e. The van der Waals surface area contributed by atoms with Crippen molar-refractivity contribution in [2.75, 3.05) is 30.7 Å². The van der Waals surface area contributed by atoms with Crippen LogP contribution in [0.1, 0.15) is 63.3 Å². The number of ether oxygens (including phenoxy) is 3. The fourth-order valence-electron chi connectivity index (χ4n) is 3.80. The van der Waals surface area contributed by atoms with Crippen molar-refractivity contribution in [2.45, 2.75) is 56.9 Å². The minimum atomic E-state index is -4.19. The molecule has 1 aromatic carbocycles. The molecule has 0 radical (unpaired) electrons. The highest BCUT2D eigenvalue weighted by Crippen LogP contribution is 2.45. The topological polar surface area (TPSA) is 159 Å². The number of anilines is 1. The number of sulfonamides is 2. The molecule has 2 aromatic heterocycles. The predicted molar refractivity (Wildman–Crippen MR) is 154 cm³/mol. The third kappa shape index (κ3) is 8.05. The maximum Gasteiger partial charge on any atom is 0.280 e. The molecule has 1 fully saturated rings. The Morgan fingerprint density at radius 3 is 2.37 bits per heavy atom. The van der Waals surface area contributed by atoms with Crippen LogP contribution < -0.4 is 23.7 Å². The summed E-state index contributed by atoms with van der Waals surface area (Å²) in [5.74, 6) is 0.981. The minimum absolute atomic E-state index is 0.00733. The highest BCUT2D eigenvalue weighted by atomic mass is 32.2. The van der Waals surface area contributed by atoms with E-state index in [2.05, 4.69) is 24.4 Å². The Labute approximate surface area is 241 Å². The van der Waals surface area contributed by atoms with Gasteiger partial charge >= 0.3 is 0 Å². The lowest BCUT2D eigenvalue weighted by atomic mass is 10.1. The fourth-order valence-corrected chi connectivity index (χ4v) is 5.81. The van der Waals surface area contributed by atoms with E-state index in [1.165, 1.54) is 19.4 Å². The van der Waals surface area contributed by atoms with Gasteiger partial charge in [0.2, 0.25) is 15.8 Å². The molecule has 222 valence electrons. The molecule has 1 aliphatic rings. The summed E-state index contributed by atoms with van der Waals surface area (Å²) >= 11 is 0. The van der Waals surface area contributed by atoms with Crippen molar-refractivity contribution in [1.82, 2.24) is 19.7 Å². The molecule has 1 aliphatic carbocycles. The van der Waals surface area contributed by atoms with Gasteiger partial charge in [-0.25, -0.2) is 23.1 Å². The van der Waals surface area contributed by atoms with E-state index >= 15 is 0 Å². The van der Waals surface area contributed by atoms with Crippen LogP contribution in [-0.2, 0) is 20.0 Å². The molecule has 1 saturated carbocycles. The zero-order valence-electron chi connectivity index (χ0n) is 23.5. The van der Waals surface area contributed by atoms with Crippen molar-refractivity contribution in [3.8, 4) is 23.1 Å².